The van der Waals surface area contributed by atoms with E-state index in [0.29, 0.717) is 4.88 Å². The molecule has 0 saturated carbocycles. The van der Waals surface area contributed by atoms with Gasteiger partial charge in [-0.25, -0.2) is 0 Å². The zero-order valence-corrected chi connectivity index (χ0v) is 14.5. The van der Waals surface area contributed by atoms with E-state index in [1.165, 1.54) is 22.0 Å². The van der Waals surface area contributed by atoms with Crippen molar-refractivity contribution >= 4 is 11.3 Å². The van der Waals surface area contributed by atoms with Crippen LogP contribution in [0.4, 0.5) is 13.2 Å². The number of aryl methyl sites for hydroxylation is 1. The number of rotatable bonds is 3. The first kappa shape index (κ1) is 18.0. The van der Waals surface area contributed by atoms with Crippen LogP contribution in [0.2, 0.25) is 0 Å². The van der Waals surface area contributed by atoms with Crippen molar-refractivity contribution in [3.63, 3.8) is 0 Å². The highest BCUT2D eigenvalue weighted by molar-refractivity contribution is 7.13. The van der Waals surface area contributed by atoms with Crippen LogP contribution in [0.25, 0.3) is 10.6 Å². The molecule has 132 valence electrons. The van der Waals surface area contributed by atoms with Crippen molar-refractivity contribution in [1.82, 2.24) is 4.57 Å². The van der Waals surface area contributed by atoms with Crippen LogP contribution >= 0.6 is 11.3 Å². The Morgan fingerprint density at radius 2 is 1.88 bits per heavy atom. The maximum atomic E-state index is 13.3. The Morgan fingerprint density at radius 3 is 2.42 bits per heavy atom. The van der Waals surface area contributed by atoms with Crippen LogP contribution in [-0.4, -0.2) is 4.57 Å². The van der Waals surface area contributed by atoms with Crippen molar-refractivity contribution in [2.24, 2.45) is 0 Å². The number of nitriles is 1. The first-order chi connectivity index (χ1) is 12.3. The van der Waals surface area contributed by atoms with E-state index in [9.17, 15) is 18.0 Å². The summed E-state index contributed by atoms with van der Waals surface area (Å²) in [7, 11) is 0. The first-order valence-electron chi connectivity index (χ1n) is 7.66. The Kier molecular flexibility index (Phi) is 4.70. The monoisotopic (exact) mass is 374 g/mol. The molecule has 0 bridgehead atoms. The molecule has 0 fully saturated rings. The zero-order chi connectivity index (χ0) is 18.9. The molecule has 0 aliphatic heterocycles. The minimum absolute atomic E-state index is 0.0825. The van der Waals surface area contributed by atoms with E-state index in [2.05, 4.69) is 0 Å². The van der Waals surface area contributed by atoms with E-state index in [4.69, 9.17) is 5.26 Å². The number of halogens is 3. The van der Waals surface area contributed by atoms with Gasteiger partial charge in [-0.1, -0.05) is 35.9 Å². The standard InChI is InChI=1S/C19H13F3N2OS/c1-12-4-6-13(7-5-12)11-24-16(17-3-2-8-26-17)9-15(19(20,21)22)14(10-23)18(24)25/h2-9H,11H2,1H3. The van der Waals surface area contributed by atoms with Gasteiger partial charge in [0.05, 0.1) is 22.7 Å². The molecule has 0 radical (unpaired) electrons. The lowest BCUT2D eigenvalue weighted by molar-refractivity contribution is -0.137. The average molecular weight is 374 g/mol. The molecule has 0 atom stereocenters. The van der Waals surface area contributed by atoms with Gasteiger partial charge >= 0.3 is 6.18 Å². The molecule has 26 heavy (non-hydrogen) atoms. The summed E-state index contributed by atoms with van der Waals surface area (Å²) in [5.41, 5.74) is -1.08. The summed E-state index contributed by atoms with van der Waals surface area (Å²) in [6, 6.07) is 13.0. The van der Waals surface area contributed by atoms with E-state index >= 15 is 0 Å². The number of nitrogens with zero attached hydrogens (tertiary/aromatic N) is 2. The van der Waals surface area contributed by atoms with Crippen LogP contribution in [0.5, 0.6) is 0 Å². The number of benzene rings is 1. The highest BCUT2D eigenvalue weighted by atomic mass is 32.1. The Balaban J connectivity index is 2.26. The molecule has 1 aromatic carbocycles. The van der Waals surface area contributed by atoms with E-state index < -0.39 is 22.9 Å². The van der Waals surface area contributed by atoms with Crippen LogP contribution in [0, 0.1) is 18.3 Å². The molecule has 3 aromatic rings. The van der Waals surface area contributed by atoms with Crippen molar-refractivity contribution in [2.45, 2.75) is 19.6 Å². The van der Waals surface area contributed by atoms with Crippen molar-refractivity contribution in [2.75, 3.05) is 0 Å². The quantitative estimate of drug-likeness (QED) is 0.660. The average Bonchev–Trinajstić information content (AvgIpc) is 3.11. The smallest absolute Gasteiger partial charge is 0.302 e. The predicted octanol–water partition coefficient (Wildman–Crippen LogP) is 4.82. The van der Waals surface area contributed by atoms with Gasteiger partial charge in [-0.3, -0.25) is 4.79 Å². The lowest BCUT2D eigenvalue weighted by atomic mass is 10.1. The summed E-state index contributed by atoms with van der Waals surface area (Å²) >= 11 is 1.23. The normalized spacial score (nSPS) is 11.3. The van der Waals surface area contributed by atoms with Gasteiger partial charge in [0, 0.05) is 0 Å². The molecule has 0 saturated heterocycles. The summed E-state index contributed by atoms with van der Waals surface area (Å²) < 4.78 is 41.3. The topological polar surface area (TPSA) is 45.8 Å². The van der Waals surface area contributed by atoms with Crippen LogP contribution in [-0.2, 0) is 12.7 Å². The fourth-order valence-corrected chi connectivity index (χ4v) is 3.39. The van der Waals surface area contributed by atoms with Crippen molar-refractivity contribution in [3.8, 4) is 16.6 Å². The molecular weight excluding hydrogens is 361 g/mol. The third-order valence-electron chi connectivity index (χ3n) is 3.95. The van der Waals surface area contributed by atoms with Gasteiger partial charge in [0.25, 0.3) is 5.56 Å². The molecule has 2 heterocycles. The fourth-order valence-electron chi connectivity index (χ4n) is 2.64. The lowest BCUT2D eigenvalue weighted by Crippen LogP contribution is -2.28. The van der Waals surface area contributed by atoms with E-state index in [0.717, 1.165) is 17.2 Å². The van der Waals surface area contributed by atoms with Gasteiger partial charge in [0.2, 0.25) is 0 Å². The molecule has 7 heteroatoms. The highest BCUT2D eigenvalue weighted by Crippen LogP contribution is 2.34. The van der Waals surface area contributed by atoms with Crippen molar-refractivity contribution < 1.29 is 13.2 Å². The second-order valence-corrected chi connectivity index (χ2v) is 6.73. The number of aromatic nitrogens is 1. The van der Waals surface area contributed by atoms with Gasteiger partial charge in [-0.15, -0.1) is 11.3 Å². The van der Waals surface area contributed by atoms with Gasteiger partial charge in [-0.2, -0.15) is 18.4 Å². The minimum Gasteiger partial charge on any atom is -0.302 e. The second-order valence-electron chi connectivity index (χ2n) is 5.78. The summed E-state index contributed by atoms with van der Waals surface area (Å²) in [4.78, 5) is 13.2. The molecular formula is C19H13F3N2OS. The summed E-state index contributed by atoms with van der Waals surface area (Å²) in [5, 5.41) is 10.9. The summed E-state index contributed by atoms with van der Waals surface area (Å²) in [6.45, 7) is 2.00. The van der Waals surface area contributed by atoms with E-state index in [-0.39, 0.29) is 12.2 Å². The summed E-state index contributed by atoms with van der Waals surface area (Å²) in [5.74, 6) is 0. The SMILES string of the molecule is Cc1ccc(Cn2c(-c3cccs3)cc(C(F)(F)F)c(C#N)c2=O)cc1. The molecule has 0 spiro atoms. The maximum Gasteiger partial charge on any atom is 0.417 e. The molecule has 2 aromatic heterocycles. The Hall–Kier alpha value is -2.85. The minimum atomic E-state index is -4.78. The number of pyridine rings is 1. The van der Waals surface area contributed by atoms with Crippen molar-refractivity contribution in [1.29, 1.82) is 5.26 Å². The van der Waals surface area contributed by atoms with Crippen LogP contribution < -0.4 is 5.56 Å². The second kappa shape index (κ2) is 6.81. The molecule has 3 rings (SSSR count). The Morgan fingerprint density at radius 1 is 1.19 bits per heavy atom. The molecule has 3 nitrogen and oxygen atoms in total. The van der Waals surface area contributed by atoms with Gasteiger partial charge in [-0.05, 0) is 30.0 Å². The maximum absolute atomic E-state index is 13.3. The molecule has 0 unspecified atom stereocenters. The fraction of sp³-hybridized carbons (Fsp3) is 0.158. The van der Waals surface area contributed by atoms with Crippen molar-refractivity contribution in [3.05, 3.63) is 80.5 Å². The first-order valence-corrected chi connectivity index (χ1v) is 8.54. The third-order valence-corrected chi connectivity index (χ3v) is 4.84. The number of alkyl halides is 3. The van der Waals surface area contributed by atoms with Gasteiger partial charge in [0.1, 0.15) is 11.6 Å². The predicted molar refractivity (Wildman–Crippen MR) is 94.0 cm³/mol. The molecule has 0 N–H and O–H groups in total. The Bertz CT molecular complexity index is 1030. The Labute approximate surface area is 151 Å². The number of hydrogen-bond donors (Lipinski definition) is 0. The largest absolute Gasteiger partial charge is 0.417 e. The van der Waals surface area contributed by atoms with Crippen LogP contribution in [0.3, 0.4) is 0 Å². The number of thiophene rings is 1. The molecule has 0 amide bonds. The van der Waals surface area contributed by atoms with E-state index in [1.54, 1.807) is 17.5 Å². The highest BCUT2D eigenvalue weighted by Gasteiger charge is 2.36. The van der Waals surface area contributed by atoms with Crippen LogP contribution in [0.15, 0.2) is 52.6 Å². The van der Waals surface area contributed by atoms with Gasteiger partial charge in [0.15, 0.2) is 0 Å². The number of hydrogen-bond acceptors (Lipinski definition) is 3. The molecule has 0 aliphatic rings. The summed E-state index contributed by atoms with van der Waals surface area (Å²) in [6.07, 6.45) is -4.78. The molecule has 0 aliphatic carbocycles. The lowest BCUT2D eigenvalue weighted by Gasteiger charge is -2.17. The van der Waals surface area contributed by atoms with Crippen LogP contribution in [0.1, 0.15) is 22.3 Å². The van der Waals surface area contributed by atoms with Gasteiger partial charge < -0.3 is 4.57 Å². The van der Waals surface area contributed by atoms with E-state index in [1.807, 2.05) is 31.2 Å². The zero-order valence-electron chi connectivity index (χ0n) is 13.7. The third kappa shape index (κ3) is 3.41.